The van der Waals surface area contributed by atoms with Gasteiger partial charge in [0.25, 0.3) is 0 Å². The Morgan fingerprint density at radius 2 is 1.11 bits per heavy atom. The molecule has 0 spiro atoms. The molecule has 0 unspecified atom stereocenters. The summed E-state index contributed by atoms with van der Waals surface area (Å²) in [6, 6.07) is 25.1. The zero-order chi connectivity index (χ0) is 25.3. The van der Waals surface area contributed by atoms with Crippen LogP contribution < -0.4 is 9.47 Å². The summed E-state index contributed by atoms with van der Waals surface area (Å²) in [5.74, 6) is 1.80. The molecule has 0 aromatic heterocycles. The van der Waals surface area contributed by atoms with Crippen LogP contribution in [0.25, 0.3) is 23.3 Å². The quantitative estimate of drug-likeness (QED) is 0.109. The minimum Gasteiger partial charge on any atom is -0.494 e. The zero-order valence-electron chi connectivity index (χ0n) is 21.7. The van der Waals surface area contributed by atoms with E-state index < -0.39 is 0 Å². The Morgan fingerprint density at radius 1 is 0.583 bits per heavy atom. The van der Waals surface area contributed by atoms with Crippen molar-refractivity contribution in [2.24, 2.45) is 0 Å². The lowest BCUT2D eigenvalue weighted by Crippen LogP contribution is -2.07. The fraction of sp³-hybridized carbons (Fsp3) is 0.333. The van der Waals surface area contributed by atoms with Gasteiger partial charge in [0.15, 0.2) is 0 Å². The molecule has 0 N–H and O–H groups in total. The predicted octanol–water partition coefficient (Wildman–Crippen LogP) is 8.84. The Labute approximate surface area is 217 Å². The van der Waals surface area contributed by atoms with Crippen molar-refractivity contribution in [1.82, 2.24) is 0 Å². The molecule has 190 valence electrons. The second-order valence-electron chi connectivity index (χ2n) is 8.85. The van der Waals surface area contributed by atoms with Crippen LogP contribution in [0.3, 0.4) is 0 Å². The Hall–Kier alpha value is -3.30. The van der Waals surface area contributed by atoms with E-state index in [9.17, 15) is 0 Å². The lowest BCUT2D eigenvalue weighted by Gasteiger charge is -2.08. The average Bonchev–Trinajstić information content (AvgIpc) is 2.93. The first-order chi connectivity index (χ1) is 17.8. The zero-order valence-corrected chi connectivity index (χ0v) is 21.7. The topological polar surface area (TPSA) is 27.7 Å². The molecular weight excluding hydrogens is 444 g/mol. The van der Waals surface area contributed by atoms with Crippen molar-refractivity contribution in [1.29, 1.82) is 0 Å². The molecule has 0 amide bonds. The molecule has 3 aromatic rings. The SMILES string of the molecule is C=CCCOCCOc1ccc(-c2ccc(C=Cc3ccc(OCCCCCCC)cc3)cc2)cc1. The van der Waals surface area contributed by atoms with Crippen molar-refractivity contribution in [2.75, 3.05) is 26.4 Å². The van der Waals surface area contributed by atoms with Gasteiger partial charge in [-0.3, -0.25) is 0 Å². The standard InChI is InChI=1S/C33H40O3/c1-3-5-7-8-9-25-35-32-20-14-29(15-21-32)11-10-28-12-16-30(17-13-28)31-18-22-33(23-19-31)36-27-26-34-24-6-4-2/h4,10-23H,2-3,5-9,24-27H2,1H3. The van der Waals surface area contributed by atoms with Crippen LogP contribution in [0.5, 0.6) is 11.5 Å². The van der Waals surface area contributed by atoms with Gasteiger partial charge in [-0.05, 0) is 59.4 Å². The van der Waals surface area contributed by atoms with Crippen LogP contribution in [0.2, 0.25) is 0 Å². The third-order valence-electron chi connectivity index (χ3n) is 5.93. The first-order valence-corrected chi connectivity index (χ1v) is 13.2. The third-order valence-corrected chi connectivity index (χ3v) is 5.93. The first kappa shape index (κ1) is 27.3. The second kappa shape index (κ2) is 16.4. The van der Waals surface area contributed by atoms with Crippen LogP contribution in [-0.2, 0) is 4.74 Å². The molecule has 3 nitrogen and oxygen atoms in total. The van der Waals surface area contributed by atoms with Crippen LogP contribution in [-0.4, -0.2) is 26.4 Å². The summed E-state index contributed by atoms with van der Waals surface area (Å²) >= 11 is 0. The van der Waals surface area contributed by atoms with Gasteiger partial charge in [0.2, 0.25) is 0 Å². The van der Waals surface area contributed by atoms with Crippen LogP contribution in [0.4, 0.5) is 0 Å². The Morgan fingerprint density at radius 3 is 1.72 bits per heavy atom. The maximum absolute atomic E-state index is 5.86. The van der Waals surface area contributed by atoms with Crippen LogP contribution in [0.15, 0.2) is 85.5 Å². The van der Waals surface area contributed by atoms with E-state index in [0.717, 1.165) is 36.5 Å². The molecule has 0 fully saturated rings. The van der Waals surface area contributed by atoms with E-state index >= 15 is 0 Å². The molecule has 0 aliphatic carbocycles. The summed E-state index contributed by atoms with van der Waals surface area (Å²) in [6.45, 7) is 8.55. The fourth-order valence-corrected chi connectivity index (χ4v) is 3.78. The minimum absolute atomic E-state index is 0.548. The maximum Gasteiger partial charge on any atom is 0.119 e. The largest absolute Gasteiger partial charge is 0.494 e. The number of hydrogen-bond acceptors (Lipinski definition) is 3. The number of benzene rings is 3. The molecule has 0 atom stereocenters. The van der Waals surface area contributed by atoms with Gasteiger partial charge in [-0.15, -0.1) is 6.58 Å². The number of hydrogen-bond donors (Lipinski definition) is 0. The first-order valence-electron chi connectivity index (χ1n) is 13.2. The highest BCUT2D eigenvalue weighted by Crippen LogP contribution is 2.23. The Balaban J connectivity index is 1.43. The normalized spacial score (nSPS) is 11.0. The molecule has 36 heavy (non-hydrogen) atoms. The molecule has 3 aromatic carbocycles. The molecule has 0 aliphatic heterocycles. The fourth-order valence-electron chi connectivity index (χ4n) is 3.78. The van der Waals surface area contributed by atoms with E-state index in [1.54, 1.807) is 0 Å². The Bertz CT molecular complexity index is 1020. The van der Waals surface area contributed by atoms with Crippen molar-refractivity contribution in [2.45, 2.75) is 45.4 Å². The van der Waals surface area contributed by atoms with Gasteiger partial charge >= 0.3 is 0 Å². The van der Waals surface area contributed by atoms with E-state index in [4.69, 9.17) is 14.2 Å². The molecule has 0 saturated heterocycles. The summed E-state index contributed by atoms with van der Waals surface area (Å²) in [6.07, 6.45) is 13.3. The second-order valence-corrected chi connectivity index (χ2v) is 8.85. The molecule has 3 rings (SSSR count). The summed E-state index contributed by atoms with van der Waals surface area (Å²) in [7, 11) is 0. The van der Waals surface area contributed by atoms with Crippen molar-refractivity contribution in [3.8, 4) is 22.6 Å². The van der Waals surface area contributed by atoms with Gasteiger partial charge in [0, 0.05) is 0 Å². The van der Waals surface area contributed by atoms with Gasteiger partial charge < -0.3 is 14.2 Å². The summed E-state index contributed by atoms with van der Waals surface area (Å²) in [5.41, 5.74) is 4.68. The third kappa shape index (κ3) is 10.1. The highest BCUT2D eigenvalue weighted by atomic mass is 16.5. The van der Waals surface area contributed by atoms with Crippen LogP contribution in [0.1, 0.15) is 56.6 Å². The van der Waals surface area contributed by atoms with E-state index in [1.807, 2.05) is 18.2 Å². The molecule has 3 heteroatoms. The summed E-state index contributed by atoms with van der Waals surface area (Å²) in [4.78, 5) is 0. The highest BCUT2D eigenvalue weighted by molar-refractivity contribution is 5.72. The van der Waals surface area contributed by atoms with Gasteiger partial charge in [0.1, 0.15) is 18.1 Å². The molecule has 0 radical (unpaired) electrons. The highest BCUT2D eigenvalue weighted by Gasteiger charge is 2.00. The lowest BCUT2D eigenvalue weighted by atomic mass is 10.0. The monoisotopic (exact) mass is 484 g/mol. The lowest BCUT2D eigenvalue weighted by molar-refractivity contribution is 0.104. The maximum atomic E-state index is 5.86. The minimum atomic E-state index is 0.548. The molecule has 0 bridgehead atoms. The van der Waals surface area contributed by atoms with Gasteiger partial charge in [0.05, 0.1) is 19.8 Å². The van der Waals surface area contributed by atoms with Crippen molar-refractivity contribution in [3.63, 3.8) is 0 Å². The number of unbranched alkanes of at least 4 members (excludes halogenated alkanes) is 4. The van der Waals surface area contributed by atoms with Crippen molar-refractivity contribution in [3.05, 3.63) is 96.6 Å². The Kier molecular flexibility index (Phi) is 12.4. The smallest absolute Gasteiger partial charge is 0.119 e. The van der Waals surface area contributed by atoms with Gasteiger partial charge in [-0.25, -0.2) is 0 Å². The predicted molar refractivity (Wildman–Crippen MR) is 153 cm³/mol. The van der Waals surface area contributed by atoms with E-state index in [-0.39, 0.29) is 0 Å². The molecule has 0 heterocycles. The molecule has 0 saturated carbocycles. The number of ether oxygens (including phenoxy) is 3. The van der Waals surface area contributed by atoms with E-state index in [0.29, 0.717) is 19.8 Å². The molecule has 0 aliphatic rings. The van der Waals surface area contributed by atoms with Gasteiger partial charge in [-0.2, -0.15) is 0 Å². The van der Waals surface area contributed by atoms with Gasteiger partial charge in [-0.1, -0.05) is 99.4 Å². The van der Waals surface area contributed by atoms with Crippen LogP contribution in [0, 0.1) is 0 Å². The summed E-state index contributed by atoms with van der Waals surface area (Å²) in [5, 5.41) is 0. The van der Waals surface area contributed by atoms with Crippen molar-refractivity contribution >= 4 is 12.2 Å². The molecular formula is C33H40O3. The van der Waals surface area contributed by atoms with E-state index in [2.05, 4.69) is 86.3 Å². The van der Waals surface area contributed by atoms with E-state index in [1.165, 1.54) is 42.4 Å². The van der Waals surface area contributed by atoms with Crippen molar-refractivity contribution < 1.29 is 14.2 Å². The summed E-state index contributed by atoms with van der Waals surface area (Å²) < 4.78 is 17.1. The number of rotatable bonds is 17. The average molecular weight is 485 g/mol. The van der Waals surface area contributed by atoms with Crippen LogP contribution >= 0.6 is 0 Å².